The summed E-state index contributed by atoms with van der Waals surface area (Å²) in [5, 5.41) is 4.54. The number of benzene rings is 1. The maximum Gasteiger partial charge on any atom is 0.0702 e. The van der Waals surface area contributed by atoms with E-state index >= 15 is 0 Å². The van der Waals surface area contributed by atoms with Crippen LogP contribution in [0.3, 0.4) is 0 Å². The molecule has 1 aliphatic heterocycles. The molecule has 1 N–H and O–H groups in total. The molecule has 1 aromatic carbocycles. The average molecular weight is 221 g/mol. The predicted molar refractivity (Wildman–Crippen MR) is 64.6 cm³/mol. The third-order valence-electron chi connectivity index (χ3n) is 2.88. The van der Waals surface area contributed by atoms with Gasteiger partial charge in [-0.25, -0.2) is 0 Å². The molecule has 1 aliphatic rings. The summed E-state index contributed by atoms with van der Waals surface area (Å²) in [6.45, 7) is 2.23. The van der Waals surface area contributed by atoms with E-state index in [1.54, 1.807) is 0 Å². The van der Waals surface area contributed by atoms with E-state index in [-0.39, 0.29) is 12.4 Å². The Bertz CT molecular complexity index is 466. The Hall–Kier alpha value is -1.12. The van der Waals surface area contributed by atoms with Crippen molar-refractivity contribution in [1.82, 2.24) is 10.3 Å². The van der Waals surface area contributed by atoms with Crippen LogP contribution in [0.5, 0.6) is 0 Å². The van der Waals surface area contributed by atoms with E-state index in [9.17, 15) is 0 Å². The van der Waals surface area contributed by atoms with Crippen LogP contribution in [-0.2, 0) is 0 Å². The second-order valence-corrected chi connectivity index (χ2v) is 3.81. The van der Waals surface area contributed by atoms with E-state index in [0.29, 0.717) is 5.92 Å². The van der Waals surface area contributed by atoms with Gasteiger partial charge in [-0.2, -0.15) is 0 Å². The lowest BCUT2D eigenvalue weighted by atomic mass is 9.93. The van der Waals surface area contributed by atoms with Crippen molar-refractivity contribution >= 4 is 23.3 Å². The van der Waals surface area contributed by atoms with Crippen molar-refractivity contribution in [2.24, 2.45) is 0 Å². The minimum absolute atomic E-state index is 0. The number of fused-ring (bicyclic) bond motifs is 1. The van der Waals surface area contributed by atoms with Crippen molar-refractivity contribution in [3.63, 3.8) is 0 Å². The fraction of sp³-hybridized carbons (Fsp3) is 0.250. The molecule has 0 spiro atoms. The molecule has 0 atom stereocenters. The second-order valence-electron chi connectivity index (χ2n) is 3.81. The number of hydrogen-bond acceptors (Lipinski definition) is 2. The maximum atomic E-state index is 4.31. The number of hydrogen-bond donors (Lipinski definition) is 1. The highest BCUT2D eigenvalue weighted by Crippen LogP contribution is 2.23. The number of pyridine rings is 1. The van der Waals surface area contributed by atoms with Gasteiger partial charge in [-0.3, -0.25) is 4.98 Å². The highest BCUT2D eigenvalue weighted by atomic mass is 35.5. The number of nitrogens with zero attached hydrogens (tertiary/aromatic N) is 1. The molecule has 2 aromatic rings. The number of aromatic nitrogens is 1. The lowest BCUT2D eigenvalue weighted by molar-refractivity contribution is 0.449. The first kappa shape index (κ1) is 10.4. The minimum Gasteiger partial charge on any atom is -0.315 e. The first-order chi connectivity index (χ1) is 6.93. The molecular formula is C12H13ClN2. The zero-order chi connectivity index (χ0) is 9.38. The van der Waals surface area contributed by atoms with Gasteiger partial charge in [-0.05, 0) is 23.8 Å². The molecule has 0 saturated carbocycles. The van der Waals surface area contributed by atoms with Crippen LogP contribution in [0.4, 0.5) is 0 Å². The molecule has 1 saturated heterocycles. The molecule has 0 bridgehead atoms. The maximum absolute atomic E-state index is 4.31. The fourth-order valence-corrected chi connectivity index (χ4v) is 1.87. The van der Waals surface area contributed by atoms with Crippen LogP contribution >= 0.6 is 12.4 Å². The Morgan fingerprint density at radius 1 is 1.20 bits per heavy atom. The van der Waals surface area contributed by atoms with Gasteiger partial charge in [-0.1, -0.05) is 12.1 Å². The van der Waals surface area contributed by atoms with E-state index in [2.05, 4.69) is 34.6 Å². The molecule has 0 unspecified atom stereocenters. The molecule has 3 heteroatoms. The van der Waals surface area contributed by atoms with Gasteiger partial charge in [0.2, 0.25) is 0 Å². The van der Waals surface area contributed by atoms with Crippen molar-refractivity contribution < 1.29 is 0 Å². The molecule has 3 rings (SSSR count). The molecule has 0 aliphatic carbocycles. The summed E-state index contributed by atoms with van der Waals surface area (Å²) in [6, 6.07) is 10.7. The van der Waals surface area contributed by atoms with Crippen LogP contribution < -0.4 is 5.32 Å². The largest absolute Gasteiger partial charge is 0.315 e. The van der Waals surface area contributed by atoms with Crippen LogP contribution in [0, 0.1) is 0 Å². The zero-order valence-corrected chi connectivity index (χ0v) is 9.13. The summed E-state index contributed by atoms with van der Waals surface area (Å²) < 4.78 is 0. The number of nitrogens with one attached hydrogen (secondary N) is 1. The minimum atomic E-state index is 0. The van der Waals surface area contributed by atoms with Gasteiger partial charge < -0.3 is 5.32 Å². The van der Waals surface area contributed by atoms with Crippen molar-refractivity contribution in [1.29, 1.82) is 0 Å². The Morgan fingerprint density at radius 3 is 2.80 bits per heavy atom. The summed E-state index contributed by atoms with van der Waals surface area (Å²) in [6.07, 6.45) is 1.84. The van der Waals surface area contributed by atoms with Crippen LogP contribution in [-0.4, -0.2) is 18.1 Å². The lowest BCUT2D eigenvalue weighted by Gasteiger charge is -2.27. The van der Waals surface area contributed by atoms with Gasteiger partial charge >= 0.3 is 0 Å². The van der Waals surface area contributed by atoms with Crippen molar-refractivity contribution in [2.75, 3.05) is 13.1 Å². The molecular weight excluding hydrogens is 208 g/mol. The van der Waals surface area contributed by atoms with Crippen LogP contribution in [0.1, 0.15) is 11.5 Å². The Labute approximate surface area is 95.1 Å². The summed E-state index contributed by atoms with van der Waals surface area (Å²) in [5.41, 5.74) is 2.52. The topological polar surface area (TPSA) is 24.9 Å². The third-order valence-corrected chi connectivity index (χ3v) is 2.88. The lowest BCUT2D eigenvalue weighted by Crippen LogP contribution is -2.39. The van der Waals surface area contributed by atoms with Crippen LogP contribution in [0.25, 0.3) is 10.9 Å². The number of rotatable bonds is 1. The fourth-order valence-electron chi connectivity index (χ4n) is 1.87. The van der Waals surface area contributed by atoms with E-state index < -0.39 is 0 Å². The molecule has 2 heterocycles. The normalized spacial score (nSPS) is 15.7. The molecule has 0 amide bonds. The van der Waals surface area contributed by atoms with Crippen molar-refractivity contribution in [2.45, 2.75) is 5.92 Å². The second kappa shape index (κ2) is 4.17. The summed E-state index contributed by atoms with van der Waals surface area (Å²) >= 11 is 0. The Morgan fingerprint density at radius 2 is 2.07 bits per heavy atom. The SMILES string of the molecule is Cl.c1cnc2ccc(C3CNC3)cc2c1. The molecule has 1 fully saturated rings. The molecule has 15 heavy (non-hydrogen) atoms. The first-order valence-corrected chi connectivity index (χ1v) is 4.99. The third kappa shape index (κ3) is 1.83. The summed E-state index contributed by atoms with van der Waals surface area (Å²) in [4.78, 5) is 4.31. The van der Waals surface area contributed by atoms with Gasteiger partial charge in [0.25, 0.3) is 0 Å². The van der Waals surface area contributed by atoms with E-state index in [4.69, 9.17) is 0 Å². The van der Waals surface area contributed by atoms with Crippen LogP contribution in [0.15, 0.2) is 36.5 Å². The molecule has 0 radical (unpaired) electrons. The van der Waals surface area contributed by atoms with Crippen LogP contribution in [0.2, 0.25) is 0 Å². The van der Waals surface area contributed by atoms with Gasteiger partial charge in [-0.15, -0.1) is 12.4 Å². The highest BCUT2D eigenvalue weighted by molar-refractivity contribution is 5.85. The Balaban J connectivity index is 0.000000853. The monoisotopic (exact) mass is 220 g/mol. The average Bonchev–Trinajstić information content (AvgIpc) is 2.15. The van der Waals surface area contributed by atoms with E-state index in [1.807, 2.05) is 12.3 Å². The van der Waals surface area contributed by atoms with Gasteiger partial charge in [0.1, 0.15) is 0 Å². The van der Waals surface area contributed by atoms with Gasteiger partial charge in [0.05, 0.1) is 5.52 Å². The molecule has 1 aromatic heterocycles. The smallest absolute Gasteiger partial charge is 0.0702 e. The van der Waals surface area contributed by atoms with Crippen molar-refractivity contribution in [3.8, 4) is 0 Å². The summed E-state index contributed by atoms with van der Waals surface area (Å²) in [7, 11) is 0. The highest BCUT2D eigenvalue weighted by Gasteiger charge is 2.18. The quantitative estimate of drug-likeness (QED) is 0.798. The Kier molecular flexibility index (Phi) is 2.89. The number of halogens is 1. The summed E-state index contributed by atoms with van der Waals surface area (Å²) in [5.74, 6) is 0.708. The predicted octanol–water partition coefficient (Wildman–Crippen LogP) is 2.34. The zero-order valence-electron chi connectivity index (χ0n) is 8.31. The van der Waals surface area contributed by atoms with Gasteiger partial charge in [0, 0.05) is 30.6 Å². The molecule has 2 nitrogen and oxygen atoms in total. The van der Waals surface area contributed by atoms with E-state index in [0.717, 1.165) is 18.6 Å². The first-order valence-electron chi connectivity index (χ1n) is 4.99. The van der Waals surface area contributed by atoms with Crippen molar-refractivity contribution in [3.05, 3.63) is 42.1 Å². The standard InChI is InChI=1S/C12H12N2.ClH/c1-2-10-6-9(11-7-13-8-11)3-4-12(10)14-5-1;/h1-6,11,13H,7-8H2;1H. The molecule has 78 valence electrons. The van der Waals surface area contributed by atoms with E-state index in [1.165, 1.54) is 10.9 Å². The van der Waals surface area contributed by atoms with Gasteiger partial charge in [0.15, 0.2) is 0 Å².